The van der Waals surface area contributed by atoms with Crippen LogP contribution in [0, 0.1) is 0 Å². The summed E-state index contributed by atoms with van der Waals surface area (Å²) in [6.07, 6.45) is 0. The molecule has 0 radical (unpaired) electrons. The van der Waals surface area contributed by atoms with E-state index in [0.717, 1.165) is 15.7 Å². The van der Waals surface area contributed by atoms with Gasteiger partial charge in [0.25, 0.3) is 0 Å². The topological polar surface area (TPSA) is 49.3 Å². The molecule has 1 unspecified atom stereocenters. The highest BCUT2D eigenvalue weighted by Gasteiger charge is 2.11. The van der Waals surface area contributed by atoms with Gasteiger partial charge in [-0.2, -0.15) is 0 Å². The lowest BCUT2D eigenvalue weighted by atomic mass is 10.1. The third-order valence-corrected chi connectivity index (χ3v) is 3.75. The zero-order valence-electron chi connectivity index (χ0n) is 10.7. The number of rotatable bonds is 4. The highest BCUT2D eigenvalue weighted by molar-refractivity contribution is 9.10. The standard InChI is InChI=1S/C15H13BrClNO2/c1-9(10-3-2-4-11(16)7-10)18-12-5-6-14(17)13(8-12)15(19)20/h2-9,18H,1H3,(H,19,20). The predicted octanol–water partition coefficient (Wildman–Crippen LogP) is 4.97. The van der Waals surface area contributed by atoms with Crippen molar-refractivity contribution in [1.82, 2.24) is 0 Å². The van der Waals surface area contributed by atoms with E-state index in [1.807, 2.05) is 31.2 Å². The van der Waals surface area contributed by atoms with Crippen molar-refractivity contribution in [2.45, 2.75) is 13.0 Å². The minimum atomic E-state index is -1.03. The molecule has 0 saturated heterocycles. The van der Waals surface area contributed by atoms with Gasteiger partial charge in [-0.05, 0) is 42.8 Å². The number of anilines is 1. The second kappa shape index (κ2) is 6.29. The average Bonchev–Trinajstić information content (AvgIpc) is 2.40. The Bertz CT molecular complexity index is 646. The van der Waals surface area contributed by atoms with Gasteiger partial charge < -0.3 is 10.4 Å². The van der Waals surface area contributed by atoms with Crippen LogP contribution in [0.3, 0.4) is 0 Å². The minimum absolute atomic E-state index is 0.0512. The third-order valence-electron chi connectivity index (χ3n) is 2.93. The van der Waals surface area contributed by atoms with E-state index in [0.29, 0.717) is 0 Å². The van der Waals surface area contributed by atoms with Crippen LogP contribution >= 0.6 is 27.5 Å². The maximum Gasteiger partial charge on any atom is 0.337 e. The maximum absolute atomic E-state index is 11.1. The van der Waals surface area contributed by atoms with E-state index in [2.05, 4.69) is 21.2 Å². The zero-order valence-corrected chi connectivity index (χ0v) is 13.1. The Balaban J connectivity index is 2.22. The summed E-state index contributed by atoms with van der Waals surface area (Å²) < 4.78 is 1.01. The van der Waals surface area contributed by atoms with Crippen molar-refractivity contribution < 1.29 is 9.90 Å². The predicted molar refractivity (Wildman–Crippen MR) is 84.6 cm³/mol. The Morgan fingerprint density at radius 1 is 1.30 bits per heavy atom. The number of aromatic carboxylic acids is 1. The van der Waals surface area contributed by atoms with Crippen LogP contribution in [0.2, 0.25) is 5.02 Å². The van der Waals surface area contributed by atoms with E-state index in [1.165, 1.54) is 0 Å². The summed E-state index contributed by atoms with van der Waals surface area (Å²) in [4.78, 5) is 11.1. The molecule has 0 aliphatic rings. The van der Waals surface area contributed by atoms with Crippen molar-refractivity contribution in [3.05, 3.63) is 63.1 Å². The van der Waals surface area contributed by atoms with Crippen molar-refractivity contribution >= 4 is 39.2 Å². The largest absolute Gasteiger partial charge is 0.478 e. The number of carbonyl (C=O) groups is 1. The maximum atomic E-state index is 11.1. The van der Waals surface area contributed by atoms with Crippen LogP contribution in [0.15, 0.2) is 46.9 Å². The van der Waals surface area contributed by atoms with Crippen LogP contribution in [0.1, 0.15) is 28.9 Å². The van der Waals surface area contributed by atoms with E-state index >= 15 is 0 Å². The number of hydrogen-bond donors (Lipinski definition) is 2. The van der Waals surface area contributed by atoms with Gasteiger partial charge >= 0.3 is 5.97 Å². The van der Waals surface area contributed by atoms with Crippen LogP contribution in [0.5, 0.6) is 0 Å². The van der Waals surface area contributed by atoms with Gasteiger partial charge in [0, 0.05) is 16.2 Å². The number of benzene rings is 2. The average molecular weight is 355 g/mol. The summed E-state index contributed by atoms with van der Waals surface area (Å²) in [5.41, 5.74) is 1.92. The van der Waals surface area contributed by atoms with Gasteiger partial charge in [-0.1, -0.05) is 39.7 Å². The monoisotopic (exact) mass is 353 g/mol. The number of carboxylic acids is 1. The van der Waals surface area contributed by atoms with Crippen molar-refractivity contribution in [3.63, 3.8) is 0 Å². The van der Waals surface area contributed by atoms with Gasteiger partial charge in [-0.15, -0.1) is 0 Å². The Labute approximate surface area is 130 Å². The molecule has 2 N–H and O–H groups in total. The first-order valence-corrected chi connectivity index (χ1v) is 7.19. The summed E-state index contributed by atoms with van der Waals surface area (Å²) in [5, 5.41) is 12.6. The van der Waals surface area contributed by atoms with Gasteiger partial charge in [0.15, 0.2) is 0 Å². The first kappa shape index (κ1) is 14.9. The Hall–Kier alpha value is -1.52. The van der Waals surface area contributed by atoms with Crippen LogP contribution in [-0.4, -0.2) is 11.1 Å². The van der Waals surface area contributed by atoms with E-state index in [-0.39, 0.29) is 16.6 Å². The summed E-state index contributed by atoms with van der Waals surface area (Å²) in [6.45, 7) is 2.01. The fraction of sp³-hybridized carbons (Fsp3) is 0.133. The molecule has 0 fully saturated rings. The summed E-state index contributed by atoms with van der Waals surface area (Å²) >= 11 is 9.28. The smallest absolute Gasteiger partial charge is 0.337 e. The second-order valence-electron chi connectivity index (χ2n) is 4.42. The molecule has 0 bridgehead atoms. The highest BCUT2D eigenvalue weighted by atomic mass is 79.9. The van der Waals surface area contributed by atoms with Gasteiger partial charge in [-0.3, -0.25) is 0 Å². The van der Waals surface area contributed by atoms with Crippen LogP contribution in [-0.2, 0) is 0 Å². The molecule has 2 aromatic rings. The fourth-order valence-corrected chi connectivity index (χ4v) is 2.50. The first-order valence-electron chi connectivity index (χ1n) is 6.02. The summed E-state index contributed by atoms with van der Waals surface area (Å²) in [5.74, 6) is -1.03. The lowest BCUT2D eigenvalue weighted by molar-refractivity contribution is 0.0697. The summed E-state index contributed by atoms with van der Waals surface area (Å²) in [7, 11) is 0. The van der Waals surface area contributed by atoms with E-state index < -0.39 is 5.97 Å². The molecule has 2 aromatic carbocycles. The Kier molecular flexibility index (Phi) is 4.68. The molecule has 0 aromatic heterocycles. The van der Waals surface area contributed by atoms with E-state index in [4.69, 9.17) is 16.7 Å². The molecule has 2 rings (SSSR count). The molecule has 0 aliphatic heterocycles. The molecule has 0 spiro atoms. The Morgan fingerprint density at radius 3 is 2.70 bits per heavy atom. The number of carboxylic acid groups (broad SMARTS) is 1. The third kappa shape index (κ3) is 3.52. The molecule has 0 saturated carbocycles. The van der Waals surface area contributed by atoms with Crippen molar-refractivity contribution in [2.75, 3.05) is 5.32 Å². The molecule has 104 valence electrons. The number of halogens is 2. The van der Waals surface area contributed by atoms with Crippen LogP contribution in [0.25, 0.3) is 0 Å². The van der Waals surface area contributed by atoms with Gasteiger partial charge in [0.1, 0.15) is 0 Å². The minimum Gasteiger partial charge on any atom is -0.478 e. The van der Waals surface area contributed by atoms with Crippen LogP contribution < -0.4 is 5.32 Å². The molecular weight excluding hydrogens is 342 g/mol. The molecule has 0 aliphatic carbocycles. The fourth-order valence-electron chi connectivity index (χ4n) is 1.89. The Morgan fingerprint density at radius 2 is 2.05 bits per heavy atom. The normalized spacial score (nSPS) is 11.9. The van der Waals surface area contributed by atoms with E-state index in [1.54, 1.807) is 18.2 Å². The summed E-state index contributed by atoms with van der Waals surface area (Å²) in [6, 6.07) is 12.9. The molecule has 1 atom stereocenters. The molecule has 0 amide bonds. The quantitative estimate of drug-likeness (QED) is 0.814. The van der Waals surface area contributed by atoms with Crippen LogP contribution in [0.4, 0.5) is 5.69 Å². The number of hydrogen-bond acceptors (Lipinski definition) is 2. The molecular formula is C15H13BrClNO2. The first-order chi connectivity index (χ1) is 9.47. The lowest BCUT2D eigenvalue weighted by Crippen LogP contribution is -2.07. The molecule has 20 heavy (non-hydrogen) atoms. The van der Waals surface area contributed by atoms with Gasteiger partial charge in [-0.25, -0.2) is 4.79 Å². The zero-order chi connectivity index (χ0) is 14.7. The SMILES string of the molecule is CC(Nc1ccc(Cl)c(C(=O)O)c1)c1cccc(Br)c1. The lowest BCUT2D eigenvalue weighted by Gasteiger charge is -2.16. The van der Waals surface area contributed by atoms with E-state index in [9.17, 15) is 4.79 Å². The van der Waals surface area contributed by atoms with Crippen molar-refractivity contribution in [3.8, 4) is 0 Å². The molecule has 3 nitrogen and oxygen atoms in total. The second-order valence-corrected chi connectivity index (χ2v) is 5.74. The van der Waals surface area contributed by atoms with Crippen molar-refractivity contribution in [1.29, 1.82) is 0 Å². The highest BCUT2D eigenvalue weighted by Crippen LogP contribution is 2.25. The van der Waals surface area contributed by atoms with Crippen molar-refractivity contribution in [2.24, 2.45) is 0 Å². The molecule has 0 heterocycles. The number of nitrogens with one attached hydrogen (secondary N) is 1. The molecule has 5 heteroatoms. The van der Waals surface area contributed by atoms with Gasteiger partial charge in [0.05, 0.1) is 10.6 Å². The van der Waals surface area contributed by atoms with Gasteiger partial charge in [0.2, 0.25) is 0 Å².